The quantitative estimate of drug-likeness (QED) is 0.742. The number of amides is 1. The predicted octanol–water partition coefficient (Wildman–Crippen LogP) is 3.28. The number of anilines is 1. The third-order valence-corrected chi connectivity index (χ3v) is 3.29. The minimum Gasteiger partial charge on any atom is -0.452 e. The van der Waals surface area contributed by atoms with Crippen molar-refractivity contribution < 1.29 is 18.7 Å². The van der Waals surface area contributed by atoms with Gasteiger partial charge in [-0.25, -0.2) is 9.78 Å². The SMILES string of the molecule is O=C(COC(=O)c1cccc2ocnc12)Nc1ccc(Cl)cc1. The zero-order valence-electron chi connectivity index (χ0n) is 11.8. The second kappa shape index (κ2) is 6.50. The molecule has 0 fully saturated rings. The van der Waals surface area contributed by atoms with Gasteiger partial charge in [0.2, 0.25) is 0 Å². The smallest absolute Gasteiger partial charge is 0.340 e. The van der Waals surface area contributed by atoms with Crippen LogP contribution in [0.4, 0.5) is 5.69 Å². The van der Waals surface area contributed by atoms with Crippen LogP contribution in [-0.2, 0) is 9.53 Å². The Labute approximate surface area is 136 Å². The van der Waals surface area contributed by atoms with Gasteiger partial charge in [-0.05, 0) is 36.4 Å². The number of para-hydroxylation sites is 1. The topological polar surface area (TPSA) is 81.4 Å². The highest BCUT2D eigenvalue weighted by Crippen LogP contribution is 2.18. The van der Waals surface area contributed by atoms with E-state index in [-0.39, 0.29) is 5.56 Å². The van der Waals surface area contributed by atoms with Gasteiger partial charge in [0.25, 0.3) is 5.91 Å². The first kappa shape index (κ1) is 15.1. The number of nitrogens with zero attached hydrogens (tertiary/aromatic N) is 1. The van der Waals surface area contributed by atoms with Crippen molar-refractivity contribution in [2.24, 2.45) is 0 Å². The number of ether oxygens (including phenoxy) is 1. The third kappa shape index (κ3) is 3.49. The van der Waals surface area contributed by atoms with E-state index in [0.717, 1.165) is 0 Å². The molecule has 2 aromatic carbocycles. The summed E-state index contributed by atoms with van der Waals surface area (Å²) in [6.45, 7) is -0.407. The maximum atomic E-state index is 12.1. The molecule has 0 aliphatic carbocycles. The molecule has 23 heavy (non-hydrogen) atoms. The van der Waals surface area contributed by atoms with Crippen molar-refractivity contribution >= 4 is 40.3 Å². The van der Waals surface area contributed by atoms with Crippen LogP contribution in [0.3, 0.4) is 0 Å². The first-order valence-electron chi connectivity index (χ1n) is 6.68. The summed E-state index contributed by atoms with van der Waals surface area (Å²) in [5, 5.41) is 3.16. The Morgan fingerprint density at radius 1 is 1.17 bits per heavy atom. The molecule has 0 atom stereocenters. The molecular formula is C16H11ClN2O4. The van der Waals surface area contributed by atoms with Crippen LogP contribution in [0.2, 0.25) is 5.02 Å². The summed E-state index contributed by atoms with van der Waals surface area (Å²) >= 11 is 5.76. The number of carbonyl (C=O) groups is 2. The molecule has 0 unspecified atom stereocenters. The predicted molar refractivity (Wildman–Crippen MR) is 84.4 cm³/mol. The maximum absolute atomic E-state index is 12.1. The van der Waals surface area contributed by atoms with Gasteiger partial charge in [-0.15, -0.1) is 0 Å². The zero-order chi connectivity index (χ0) is 16.2. The molecule has 0 radical (unpaired) electrons. The summed E-state index contributed by atoms with van der Waals surface area (Å²) in [6, 6.07) is 11.5. The lowest BCUT2D eigenvalue weighted by molar-refractivity contribution is -0.119. The van der Waals surface area contributed by atoms with Gasteiger partial charge in [0.1, 0.15) is 5.52 Å². The minimum absolute atomic E-state index is 0.246. The van der Waals surface area contributed by atoms with Crippen molar-refractivity contribution in [2.45, 2.75) is 0 Å². The van der Waals surface area contributed by atoms with Gasteiger partial charge in [-0.1, -0.05) is 17.7 Å². The highest BCUT2D eigenvalue weighted by Gasteiger charge is 2.15. The second-order valence-corrected chi connectivity index (χ2v) is 5.07. The van der Waals surface area contributed by atoms with E-state index in [1.807, 2.05) is 0 Å². The van der Waals surface area contributed by atoms with E-state index in [0.29, 0.717) is 21.8 Å². The van der Waals surface area contributed by atoms with Crippen molar-refractivity contribution in [2.75, 3.05) is 11.9 Å². The van der Waals surface area contributed by atoms with Crippen LogP contribution in [0, 0.1) is 0 Å². The molecule has 7 heteroatoms. The van der Waals surface area contributed by atoms with Crippen LogP contribution in [0.1, 0.15) is 10.4 Å². The summed E-state index contributed by atoms with van der Waals surface area (Å²) in [5.74, 6) is -1.09. The van der Waals surface area contributed by atoms with Crippen molar-refractivity contribution in [3.63, 3.8) is 0 Å². The zero-order valence-corrected chi connectivity index (χ0v) is 12.5. The molecule has 1 N–H and O–H groups in total. The number of carbonyl (C=O) groups excluding carboxylic acids is 2. The number of hydrogen-bond donors (Lipinski definition) is 1. The summed E-state index contributed by atoms with van der Waals surface area (Å²) in [6.07, 6.45) is 1.24. The van der Waals surface area contributed by atoms with E-state index in [1.165, 1.54) is 6.39 Å². The largest absolute Gasteiger partial charge is 0.452 e. The average Bonchev–Trinajstić information content (AvgIpc) is 3.03. The average molecular weight is 331 g/mol. The van der Waals surface area contributed by atoms with E-state index in [1.54, 1.807) is 42.5 Å². The Balaban J connectivity index is 1.61. The van der Waals surface area contributed by atoms with Crippen molar-refractivity contribution in [3.8, 4) is 0 Å². The van der Waals surface area contributed by atoms with Crippen molar-refractivity contribution in [1.29, 1.82) is 0 Å². The first-order valence-corrected chi connectivity index (χ1v) is 7.06. The van der Waals surface area contributed by atoms with Gasteiger partial charge < -0.3 is 14.5 Å². The molecule has 0 bridgehead atoms. The van der Waals surface area contributed by atoms with E-state index >= 15 is 0 Å². The van der Waals surface area contributed by atoms with Crippen LogP contribution >= 0.6 is 11.6 Å². The van der Waals surface area contributed by atoms with Crippen LogP contribution in [0.5, 0.6) is 0 Å². The second-order valence-electron chi connectivity index (χ2n) is 4.64. The minimum atomic E-state index is -0.643. The Hall–Kier alpha value is -2.86. The fourth-order valence-electron chi connectivity index (χ4n) is 1.99. The third-order valence-electron chi connectivity index (χ3n) is 3.04. The first-order chi connectivity index (χ1) is 11.1. The molecule has 3 rings (SSSR count). The number of oxazole rings is 1. The van der Waals surface area contributed by atoms with Gasteiger partial charge in [0.15, 0.2) is 18.6 Å². The summed E-state index contributed by atoms with van der Waals surface area (Å²) in [5.41, 5.74) is 1.69. The molecule has 0 saturated carbocycles. The number of fused-ring (bicyclic) bond motifs is 1. The number of benzene rings is 2. The van der Waals surface area contributed by atoms with Crippen LogP contribution in [0.25, 0.3) is 11.1 Å². The van der Waals surface area contributed by atoms with Gasteiger partial charge in [-0.2, -0.15) is 0 Å². The van der Waals surface area contributed by atoms with E-state index in [9.17, 15) is 9.59 Å². The summed E-state index contributed by atoms with van der Waals surface area (Å²) < 4.78 is 10.1. The van der Waals surface area contributed by atoms with Gasteiger partial charge >= 0.3 is 5.97 Å². The molecule has 0 aliphatic rings. The van der Waals surface area contributed by atoms with Crippen LogP contribution in [0.15, 0.2) is 53.3 Å². The van der Waals surface area contributed by atoms with Gasteiger partial charge in [0.05, 0.1) is 5.56 Å². The number of rotatable bonds is 4. The molecule has 3 aromatic rings. The Morgan fingerprint density at radius 2 is 1.96 bits per heavy atom. The number of halogens is 1. The van der Waals surface area contributed by atoms with Crippen LogP contribution in [-0.4, -0.2) is 23.5 Å². The number of aromatic nitrogens is 1. The van der Waals surface area contributed by atoms with Crippen molar-refractivity contribution in [1.82, 2.24) is 4.98 Å². The molecule has 0 saturated heterocycles. The van der Waals surface area contributed by atoms with Gasteiger partial charge in [-0.3, -0.25) is 4.79 Å². The Morgan fingerprint density at radius 3 is 2.74 bits per heavy atom. The fraction of sp³-hybridized carbons (Fsp3) is 0.0625. The van der Waals surface area contributed by atoms with Crippen molar-refractivity contribution in [3.05, 3.63) is 59.4 Å². The number of hydrogen-bond acceptors (Lipinski definition) is 5. The molecule has 6 nitrogen and oxygen atoms in total. The molecule has 0 aliphatic heterocycles. The number of nitrogens with one attached hydrogen (secondary N) is 1. The molecule has 0 spiro atoms. The Bertz CT molecular complexity index is 858. The van der Waals surface area contributed by atoms with E-state index < -0.39 is 18.5 Å². The van der Waals surface area contributed by atoms with E-state index in [4.69, 9.17) is 20.8 Å². The molecule has 1 heterocycles. The summed E-state index contributed by atoms with van der Waals surface area (Å²) in [7, 11) is 0. The lowest BCUT2D eigenvalue weighted by atomic mass is 10.2. The maximum Gasteiger partial charge on any atom is 0.340 e. The van der Waals surface area contributed by atoms with E-state index in [2.05, 4.69) is 10.3 Å². The number of esters is 1. The standard InChI is InChI=1S/C16H11ClN2O4/c17-10-4-6-11(7-5-10)19-14(20)8-22-16(21)12-2-1-3-13-15(12)18-9-23-13/h1-7,9H,8H2,(H,19,20). The normalized spacial score (nSPS) is 10.5. The molecule has 116 valence electrons. The molecule has 1 amide bonds. The molecule has 1 aromatic heterocycles. The fourth-order valence-corrected chi connectivity index (χ4v) is 2.12. The van der Waals surface area contributed by atoms with Crippen LogP contribution < -0.4 is 5.32 Å². The Kier molecular flexibility index (Phi) is 4.25. The lowest BCUT2D eigenvalue weighted by Crippen LogP contribution is -2.21. The highest BCUT2D eigenvalue weighted by molar-refractivity contribution is 6.30. The summed E-state index contributed by atoms with van der Waals surface area (Å²) in [4.78, 5) is 27.8. The highest BCUT2D eigenvalue weighted by atomic mass is 35.5. The lowest BCUT2D eigenvalue weighted by Gasteiger charge is -2.07. The monoisotopic (exact) mass is 330 g/mol. The van der Waals surface area contributed by atoms with Gasteiger partial charge in [0, 0.05) is 10.7 Å². The molecular weight excluding hydrogens is 320 g/mol.